The lowest BCUT2D eigenvalue weighted by Crippen LogP contribution is -2.06. The fourth-order valence-electron chi connectivity index (χ4n) is 2.95. The normalized spacial score (nSPS) is 12.6. The quantitative estimate of drug-likeness (QED) is 0.479. The highest BCUT2D eigenvalue weighted by Crippen LogP contribution is 2.40. The van der Waals surface area contributed by atoms with Crippen LogP contribution < -0.4 is 0 Å². The van der Waals surface area contributed by atoms with Crippen molar-refractivity contribution in [1.29, 1.82) is 0 Å². The van der Waals surface area contributed by atoms with Crippen LogP contribution in [0.4, 0.5) is 0 Å². The zero-order valence-electron chi connectivity index (χ0n) is 13.6. The van der Waals surface area contributed by atoms with Crippen LogP contribution in [-0.4, -0.2) is 0 Å². The molecule has 2 heteroatoms. The second-order valence-corrected chi connectivity index (χ2v) is 7.73. The highest BCUT2D eigenvalue weighted by molar-refractivity contribution is 9.10. The van der Waals surface area contributed by atoms with Gasteiger partial charge in [0.25, 0.3) is 0 Å². The number of halogens is 2. The summed E-state index contributed by atoms with van der Waals surface area (Å²) in [5, 5.41) is 0. The summed E-state index contributed by atoms with van der Waals surface area (Å²) in [6.07, 6.45) is 0. The minimum Gasteiger partial charge on any atom is -0.0786 e. The van der Waals surface area contributed by atoms with Gasteiger partial charge in [0, 0.05) is 4.47 Å². The summed E-state index contributed by atoms with van der Waals surface area (Å²) in [4.78, 5) is 0.230. The number of hydrogen-bond donors (Lipinski definition) is 0. The first-order valence-corrected chi connectivity index (χ1v) is 8.93. The zero-order valence-corrected chi connectivity index (χ0v) is 16.7. The Morgan fingerprint density at radius 2 is 1.24 bits per heavy atom. The third-order valence-electron chi connectivity index (χ3n) is 4.83. The maximum atomic E-state index is 3.95. The monoisotopic (exact) mass is 408 g/mol. The Bertz CT molecular complexity index is 670. The van der Waals surface area contributed by atoms with Gasteiger partial charge in [-0.3, -0.25) is 0 Å². The first kappa shape index (κ1) is 16.8. The molecule has 0 radical (unpaired) electrons. The molecule has 21 heavy (non-hydrogen) atoms. The number of alkyl halides is 1. The topological polar surface area (TPSA) is 0 Å². The number of hydrogen-bond acceptors (Lipinski definition) is 0. The summed E-state index contributed by atoms with van der Waals surface area (Å²) in [5.41, 5.74) is 11.1. The largest absolute Gasteiger partial charge is 0.0786 e. The first-order chi connectivity index (χ1) is 9.75. The number of aryl methyl sites for hydroxylation is 1. The SMILES string of the molecule is Cc1ccc(Br)cc1C(Br)c1c(C)c(C)c(C)c(C)c1C. The van der Waals surface area contributed by atoms with Crippen LogP contribution in [0.25, 0.3) is 0 Å². The Hall–Kier alpha value is -0.600. The molecule has 0 N–H and O–H groups in total. The Balaban J connectivity index is 2.69. The smallest absolute Gasteiger partial charge is 0.0652 e. The molecule has 0 saturated carbocycles. The Morgan fingerprint density at radius 1 is 0.762 bits per heavy atom. The fourth-order valence-corrected chi connectivity index (χ4v) is 4.51. The molecular weight excluding hydrogens is 388 g/mol. The lowest BCUT2D eigenvalue weighted by atomic mass is 9.86. The van der Waals surface area contributed by atoms with Crippen molar-refractivity contribution in [3.8, 4) is 0 Å². The van der Waals surface area contributed by atoms with E-state index >= 15 is 0 Å². The maximum absolute atomic E-state index is 3.95. The van der Waals surface area contributed by atoms with E-state index < -0.39 is 0 Å². The lowest BCUT2D eigenvalue weighted by molar-refractivity contribution is 1.04. The molecule has 0 nitrogen and oxygen atoms in total. The number of rotatable bonds is 2. The van der Waals surface area contributed by atoms with E-state index in [0.29, 0.717) is 0 Å². The van der Waals surface area contributed by atoms with E-state index in [2.05, 4.69) is 91.6 Å². The molecular formula is C19H22Br2. The molecule has 2 aromatic carbocycles. The van der Waals surface area contributed by atoms with Gasteiger partial charge in [0.15, 0.2) is 0 Å². The van der Waals surface area contributed by atoms with Gasteiger partial charge in [-0.05, 0) is 98.2 Å². The van der Waals surface area contributed by atoms with Gasteiger partial charge in [0.2, 0.25) is 0 Å². The summed E-state index contributed by atoms with van der Waals surface area (Å²) in [5.74, 6) is 0. The third kappa shape index (κ3) is 2.98. The summed E-state index contributed by atoms with van der Waals surface area (Å²) in [7, 11) is 0. The van der Waals surface area contributed by atoms with Crippen LogP contribution in [0.1, 0.15) is 49.3 Å². The standard InChI is InChI=1S/C19H22Br2/c1-10-7-8-16(20)9-17(10)19(21)18-14(5)12(3)11(2)13(4)15(18)6/h7-9,19H,1-6H3. The van der Waals surface area contributed by atoms with E-state index in [1.807, 2.05) is 0 Å². The van der Waals surface area contributed by atoms with Gasteiger partial charge in [-0.1, -0.05) is 37.9 Å². The molecule has 0 aliphatic heterocycles. The molecule has 0 aliphatic carbocycles. The molecule has 2 rings (SSSR count). The molecule has 2 aromatic rings. The van der Waals surface area contributed by atoms with Crippen LogP contribution in [0.15, 0.2) is 22.7 Å². The van der Waals surface area contributed by atoms with Gasteiger partial charge in [-0.15, -0.1) is 0 Å². The maximum Gasteiger partial charge on any atom is 0.0652 e. The molecule has 0 bridgehead atoms. The van der Waals surface area contributed by atoms with E-state index in [0.717, 1.165) is 4.47 Å². The summed E-state index contributed by atoms with van der Waals surface area (Å²) >= 11 is 7.55. The van der Waals surface area contributed by atoms with Crippen molar-refractivity contribution in [2.24, 2.45) is 0 Å². The number of benzene rings is 2. The molecule has 0 aliphatic rings. The Kier molecular flexibility index (Phi) is 4.99. The minimum atomic E-state index is 0.230. The highest BCUT2D eigenvalue weighted by Gasteiger charge is 2.21. The summed E-state index contributed by atoms with van der Waals surface area (Å²) in [6.45, 7) is 13.3. The van der Waals surface area contributed by atoms with Gasteiger partial charge >= 0.3 is 0 Å². The van der Waals surface area contributed by atoms with Crippen LogP contribution in [0.2, 0.25) is 0 Å². The molecule has 0 saturated heterocycles. The molecule has 0 fully saturated rings. The second kappa shape index (κ2) is 6.26. The lowest BCUT2D eigenvalue weighted by Gasteiger charge is -2.23. The molecule has 0 aromatic heterocycles. The zero-order chi connectivity index (χ0) is 15.9. The van der Waals surface area contributed by atoms with E-state index in [4.69, 9.17) is 0 Å². The molecule has 0 spiro atoms. The van der Waals surface area contributed by atoms with Crippen LogP contribution in [0.5, 0.6) is 0 Å². The van der Waals surface area contributed by atoms with E-state index in [-0.39, 0.29) is 4.83 Å². The predicted molar refractivity (Wildman–Crippen MR) is 99.8 cm³/mol. The minimum absolute atomic E-state index is 0.230. The second-order valence-electron chi connectivity index (χ2n) is 5.90. The van der Waals surface area contributed by atoms with E-state index in [9.17, 15) is 0 Å². The summed E-state index contributed by atoms with van der Waals surface area (Å²) < 4.78 is 1.13. The van der Waals surface area contributed by atoms with Crippen LogP contribution in [0, 0.1) is 41.5 Å². The summed E-state index contributed by atoms with van der Waals surface area (Å²) in [6, 6.07) is 6.49. The first-order valence-electron chi connectivity index (χ1n) is 7.22. The van der Waals surface area contributed by atoms with E-state index in [1.165, 1.54) is 44.5 Å². The van der Waals surface area contributed by atoms with Crippen molar-refractivity contribution in [3.63, 3.8) is 0 Å². The molecule has 1 unspecified atom stereocenters. The van der Waals surface area contributed by atoms with Crippen molar-refractivity contribution in [1.82, 2.24) is 0 Å². The average Bonchev–Trinajstić information content (AvgIpc) is 2.45. The molecule has 112 valence electrons. The Labute approximate surface area is 145 Å². The van der Waals surface area contributed by atoms with Gasteiger partial charge in [0.1, 0.15) is 0 Å². The molecule has 0 amide bonds. The predicted octanol–water partition coefficient (Wildman–Crippen LogP) is 6.78. The Morgan fingerprint density at radius 3 is 1.76 bits per heavy atom. The highest BCUT2D eigenvalue weighted by atomic mass is 79.9. The van der Waals surface area contributed by atoms with Gasteiger partial charge in [0.05, 0.1) is 4.83 Å². The van der Waals surface area contributed by atoms with Crippen LogP contribution in [0.3, 0.4) is 0 Å². The fraction of sp³-hybridized carbons (Fsp3) is 0.368. The molecule has 0 heterocycles. The van der Waals surface area contributed by atoms with Gasteiger partial charge in [-0.25, -0.2) is 0 Å². The van der Waals surface area contributed by atoms with Crippen LogP contribution >= 0.6 is 31.9 Å². The van der Waals surface area contributed by atoms with Crippen molar-refractivity contribution in [2.75, 3.05) is 0 Å². The van der Waals surface area contributed by atoms with Crippen molar-refractivity contribution >= 4 is 31.9 Å². The van der Waals surface area contributed by atoms with Crippen molar-refractivity contribution < 1.29 is 0 Å². The third-order valence-corrected chi connectivity index (χ3v) is 6.27. The van der Waals surface area contributed by atoms with Crippen LogP contribution in [-0.2, 0) is 0 Å². The van der Waals surface area contributed by atoms with E-state index in [1.54, 1.807) is 0 Å². The van der Waals surface area contributed by atoms with Gasteiger partial charge in [-0.2, -0.15) is 0 Å². The van der Waals surface area contributed by atoms with Crippen molar-refractivity contribution in [2.45, 2.75) is 46.4 Å². The van der Waals surface area contributed by atoms with Crippen molar-refractivity contribution in [3.05, 3.63) is 67.2 Å². The average molecular weight is 410 g/mol. The van der Waals surface area contributed by atoms with Gasteiger partial charge < -0.3 is 0 Å². The molecule has 1 atom stereocenters.